The molecule has 23 heavy (non-hydrogen) atoms. The van der Waals surface area contributed by atoms with Gasteiger partial charge in [-0.1, -0.05) is 26.0 Å². The fraction of sp³-hybridized carbons (Fsp3) is 0.500. The van der Waals surface area contributed by atoms with Crippen LogP contribution in [0.4, 0.5) is 0 Å². The number of rotatable bonds is 2. The highest BCUT2D eigenvalue weighted by Crippen LogP contribution is 2.70. The first kappa shape index (κ1) is 13.5. The molecule has 0 aliphatic heterocycles. The Labute approximate surface area is 136 Å². The Kier molecular flexibility index (Phi) is 2.55. The predicted octanol–water partition coefficient (Wildman–Crippen LogP) is 4.62. The van der Waals surface area contributed by atoms with Crippen LogP contribution in [0, 0.1) is 11.8 Å². The molecule has 4 aliphatic carbocycles. The van der Waals surface area contributed by atoms with Crippen LogP contribution < -0.4 is 0 Å². The predicted molar refractivity (Wildman–Crippen MR) is 89.5 cm³/mol. The van der Waals surface area contributed by atoms with Crippen LogP contribution >= 0.6 is 0 Å². The van der Waals surface area contributed by atoms with Gasteiger partial charge in [0, 0.05) is 11.1 Å². The second-order valence-electron chi connectivity index (χ2n) is 7.91. The number of hydrogen-bond acceptors (Lipinski definition) is 2. The van der Waals surface area contributed by atoms with Gasteiger partial charge in [0.15, 0.2) is 0 Å². The summed E-state index contributed by atoms with van der Waals surface area (Å²) in [4.78, 5) is 0. The summed E-state index contributed by atoms with van der Waals surface area (Å²) in [5.41, 5.74) is 4.19. The van der Waals surface area contributed by atoms with Gasteiger partial charge < -0.3 is 10.2 Å². The molecule has 0 spiro atoms. The van der Waals surface area contributed by atoms with Crippen LogP contribution in [0.1, 0.15) is 67.6 Å². The molecule has 2 fully saturated rings. The Hall–Kier alpha value is -1.90. The number of fused-ring (bicyclic) bond motifs is 1. The zero-order chi connectivity index (χ0) is 15.9. The number of nitrogens with zero attached hydrogens (tertiary/aromatic N) is 1. The lowest BCUT2D eigenvalue weighted by Gasteiger charge is -2.35. The molecule has 3 heteroatoms. The van der Waals surface area contributed by atoms with Gasteiger partial charge in [-0.05, 0) is 66.5 Å². The second-order valence-corrected chi connectivity index (χ2v) is 7.91. The molecule has 2 N–H and O–H groups in total. The standard InChI is InChI=1S/C20H23NO2/c1-10(2)11-4-3-5-12(8-11)21-19(22)17-13-6-7-14(16-9-15(13)16)18(17)20(21)23/h3-5,8,10,13-16,22-23H,6-7,9H2,1-2H3/t13-,14+,15+,16-. The maximum atomic E-state index is 10.9. The molecule has 2 aromatic rings. The molecule has 2 saturated carbocycles. The van der Waals surface area contributed by atoms with E-state index >= 15 is 0 Å². The fourth-order valence-electron chi connectivity index (χ4n) is 5.25. The lowest BCUT2D eigenvalue weighted by Crippen LogP contribution is -2.22. The van der Waals surface area contributed by atoms with Crippen LogP contribution in [0.5, 0.6) is 11.8 Å². The van der Waals surface area contributed by atoms with Crippen molar-refractivity contribution in [1.29, 1.82) is 0 Å². The first-order valence-electron chi connectivity index (χ1n) is 8.84. The third kappa shape index (κ3) is 1.65. The number of hydrogen-bond donors (Lipinski definition) is 2. The molecule has 1 aromatic carbocycles. The van der Waals surface area contributed by atoms with Crippen LogP contribution in [0.3, 0.4) is 0 Å². The normalized spacial score (nSPS) is 30.4. The van der Waals surface area contributed by atoms with Crippen LogP contribution in [0.2, 0.25) is 0 Å². The Morgan fingerprint density at radius 2 is 1.61 bits per heavy atom. The summed E-state index contributed by atoms with van der Waals surface area (Å²) in [5, 5.41) is 21.8. The minimum atomic E-state index is 0.276. The van der Waals surface area contributed by atoms with E-state index in [0.29, 0.717) is 17.8 Å². The van der Waals surface area contributed by atoms with Crippen molar-refractivity contribution < 1.29 is 10.2 Å². The van der Waals surface area contributed by atoms with E-state index in [1.807, 2.05) is 12.1 Å². The molecular formula is C20H23NO2. The average Bonchev–Trinajstić information content (AvgIpc) is 3.32. The summed E-state index contributed by atoms with van der Waals surface area (Å²) >= 11 is 0. The monoisotopic (exact) mass is 309 g/mol. The van der Waals surface area contributed by atoms with Gasteiger partial charge in [-0.2, -0.15) is 0 Å². The average molecular weight is 309 g/mol. The van der Waals surface area contributed by atoms with Gasteiger partial charge >= 0.3 is 0 Å². The first-order valence-corrected chi connectivity index (χ1v) is 8.84. The first-order chi connectivity index (χ1) is 11.1. The van der Waals surface area contributed by atoms with E-state index in [2.05, 4.69) is 26.0 Å². The van der Waals surface area contributed by atoms with Gasteiger partial charge in [0.05, 0.1) is 5.69 Å². The van der Waals surface area contributed by atoms with Crippen molar-refractivity contribution in [2.75, 3.05) is 0 Å². The van der Waals surface area contributed by atoms with Crippen molar-refractivity contribution in [2.45, 2.75) is 50.9 Å². The van der Waals surface area contributed by atoms with Gasteiger partial charge in [0.1, 0.15) is 0 Å². The molecule has 1 aromatic heterocycles. The summed E-state index contributed by atoms with van der Waals surface area (Å²) in [5.74, 6) is 3.40. The zero-order valence-electron chi connectivity index (χ0n) is 13.7. The molecule has 0 radical (unpaired) electrons. The van der Waals surface area contributed by atoms with Crippen LogP contribution in [-0.4, -0.2) is 14.8 Å². The number of aromatic hydroxyl groups is 2. The summed E-state index contributed by atoms with van der Waals surface area (Å²) in [7, 11) is 0. The quantitative estimate of drug-likeness (QED) is 0.850. The molecule has 4 atom stereocenters. The Balaban J connectivity index is 1.70. The van der Waals surface area contributed by atoms with Crippen LogP contribution in [0.15, 0.2) is 24.3 Å². The highest BCUT2D eigenvalue weighted by atomic mass is 16.3. The van der Waals surface area contributed by atoms with Crippen molar-refractivity contribution in [3.63, 3.8) is 0 Å². The van der Waals surface area contributed by atoms with Gasteiger partial charge in [0.25, 0.3) is 0 Å². The molecule has 0 saturated heterocycles. The minimum absolute atomic E-state index is 0.276. The molecule has 2 bridgehead atoms. The molecule has 0 unspecified atom stereocenters. The van der Waals surface area contributed by atoms with Crippen molar-refractivity contribution in [2.24, 2.45) is 11.8 Å². The van der Waals surface area contributed by atoms with Crippen LogP contribution in [0.25, 0.3) is 5.69 Å². The smallest absolute Gasteiger partial charge is 0.202 e. The Morgan fingerprint density at radius 1 is 1.00 bits per heavy atom. The topological polar surface area (TPSA) is 45.4 Å². The van der Waals surface area contributed by atoms with Crippen molar-refractivity contribution in [3.8, 4) is 17.4 Å². The van der Waals surface area contributed by atoms with E-state index in [-0.39, 0.29) is 11.8 Å². The lowest BCUT2D eigenvalue weighted by molar-refractivity contribution is 0.322. The van der Waals surface area contributed by atoms with Crippen molar-refractivity contribution >= 4 is 0 Å². The van der Waals surface area contributed by atoms with Gasteiger partial charge in [-0.25, -0.2) is 0 Å². The second kappa shape index (κ2) is 4.34. The maximum Gasteiger partial charge on any atom is 0.202 e. The van der Waals surface area contributed by atoms with E-state index in [4.69, 9.17) is 0 Å². The fourth-order valence-corrected chi connectivity index (χ4v) is 5.25. The van der Waals surface area contributed by atoms with Gasteiger partial charge in [-0.3, -0.25) is 4.57 Å². The van der Waals surface area contributed by atoms with Gasteiger partial charge in [0.2, 0.25) is 11.8 Å². The molecule has 1 heterocycles. The third-order valence-electron chi connectivity index (χ3n) is 6.45. The zero-order valence-corrected chi connectivity index (χ0v) is 13.7. The summed E-state index contributed by atoms with van der Waals surface area (Å²) in [6.45, 7) is 4.32. The molecule has 3 nitrogen and oxygen atoms in total. The molecule has 4 aliphatic rings. The summed E-state index contributed by atoms with van der Waals surface area (Å²) in [6, 6.07) is 8.16. The number of benzene rings is 1. The van der Waals surface area contributed by atoms with E-state index in [1.54, 1.807) is 4.57 Å². The highest BCUT2D eigenvalue weighted by Gasteiger charge is 2.58. The molecular weight excluding hydrogens is 286 g/mol. The number of aromatic nitrogens is 1. The highest BCUT2D eigenvalue weighted by molar-refractivity contribution is 5.59. The SMILES string of the molecule is CC(C)c1cccc(-n2c(O)c3c(c2O)[C@@H]2CC[C@H]3[C@H]3C[C@H]32)c1. The maximum absolute atomic E-state index is 10.9. The summed E-state index contributed by atoms with van der Waals surface area (Å²) in [6.07, 6.45) is 3.62. The van der Waals surface area contributed by atoms with Crippen molar-refractivity contribution in [1.82, 2.24) is 4.57 Å². The summed E-state index contributed by atoms with van der Waals surface area (Å²) < 4.78 is 1.67. The van der Waals surface area contributed by atoms with Gasteiger partial charge in [-0.15, -0.1) is 0 Å². The Morgan fingerprint density at radius 3 is 2.17 bits per heavy atom. The van der Waals surface area contributed by atoms with Crippen LogP contribution in [-0.2, 0) is 0 Å². The molecule has 6 rings (SSSR count). The Bertz CT molecular complexity index is 765. The largest absolute Gasteiger partial charge is 0.494 e. The lowest BCUT2D eigenvalue weighted by atomic mass is 9.68. The molecule has 0 amide bonds. The third-order valence-corrected chi connectivity index (χ3v) is 6.45. The van der Waals surface area contributed by atoms with E-state index in [1.165, 1.54) is 24.8 Å². The molecule has 120 valence electrons. The van der Waals surface area contributed by atoms with E-state index in [9.17, 15) is 10.2 Å². The van der Waals surface area contributed by atoms with E-state index < -0.39 is 0 Å². The minimum Gasteiger partial charge on any atom is -0.494 e. The van der Waals surface area contributed by atoms with Crippen molar-refractivity contribution in [3.05, 3.63) is 41.0 Å². The van der Waals surface area contributed by atoms with E-state index in [0.717, 1.165) is 28.7 Å².